The summed E-state index contributed by atoms with van der Waals surface area (Å²) in [5.74, 6) is -4.16. The Labute approximate surface area is 241 Å². The van der Waals surface area contributed by atoms with E-state index in [1.54, 1.807) is 42.5 Å². The number of benzene rings is 2. The molecule has 0 aliphatic carbocycles. The van der Waals surface area contributed by atoms with Crippen LogP contribution in [-0.2, 0) is 4.79 Å². The van der Waals surface area contributed by atoms with Gasteiger partial charge in [-0.1, -0.05) is 24.3 Å². The van der Waals surface area contributed by atoms with Crippen molar-refractivity contribution in [2.45, 2.75) is 37.3 Å². The number of nitriles is 1. The average molecular weight is 580 g/mol. The van der Waals surface area contributed by atoms with Crippen molar-refractivity contribution in [1.29, 1.82) is 5.26 Å². The van der Waals surface area contributed by atoms with Gasteiger partial charge in [-0.2, -0.15) is 5.26 Å². The Kier molecular flexibility index (Phi) is 8.54. The largest absolute Gasteiger partial charge is 0.354 e. The molecule has 7 nitrogen and oxygen atoms in total. The van der Waals surface area contributed by atoms with Crippen LogP contribution in [0.15, 0.2) is 66.9 Å². The zero-order chi connectivity index (χ0) is 29.9. The number of hydrogen-bond donors (Lipinski definition) is 0. The number of piperazine rings is 1. The topological polar surface area (TPSA) is 80.5 Å². The number of aromatic nitrogens is 1. The molecule has 2 aromatic carbocycles. The highest BCUT2D eigenvalue weighted by molar-refractivity contribution is 5.98. The summed E-state index contributed by atoms with van der Waals surface area (Å²) in [6.07, 6.45) is 0.382. The molecule has 218 valence electrons. The number of anilines is 1. The Morgan fingerprint density at radius 1 is 0.929 bits per heavy atom. The molecule has 0 radical (unpaired) electrons. The van der Waals surface area contributed by atoms with Crippen LogP contribution in [-0.4, -0.2) is 71.2 Å². The number of hydrogen-bond acceptors (Lipinski definition) is 6. The van der Waals surface area contributed by atoms with E-state index in [4.69, 9.17) is 5.26 Å². The van der Waals surface area contributed by atoms with Gasteiger partial charge in [0.1, 0.15) is 23.5 Å². The lowest BCUT2D eigenvalue weighted by molar-refractivity contribution is -0.132. The van der Waals surface area contributed by atoms with Crippen LogP contribution in [0.2, 0.25) is 0 Å². The van der Waals surface area contributed by atoms with Crippen LogP contribution in [0.25, 0.3) is 0 Å². The van der Waals surface area contributed by atoms with Crippen molar-refractivity contribution >= 4 is 17.5 Å². The number of ketones is 1. The molecule has 1 aromatic heterocycles. The van der Waals surface area contributed by atoms with Crippen molar-refractivity contribution in [3.8, 4) is 6.07 Å². The van der Waals surface area contributed by atoms with E-state index in [0.717, 1.165) is 16.0 Å². The fraction of sp³-hybridized carbons (Fsp3) is 0.355. The number of carbonyl (C=O) groups excluding carboxylic acids is 2. The summed E-state index contributed by atoms with van der Waals surface area (Å²) in [5.41, 5.74) is 2.13. The summed E-state index contributed by atoms with van der Waals surface area (Å²) in [4.78, 5) is 34.9. The second kappa shape index (κ2) is 12.3. The predicted molar refractivity (Wildman–Crippen MR) is 147 cm³/mol. The molecule has 2 saturated heterocycles. The van der Waals surface area contributed by atoms with E-state index in [2.05, 4.69) is 9.88 Å². The lowest BCUT2D eigenvalue weighted by Crippen LogP contribution is -2.48. The lowest BCUT2D eigenvalue weighted by Gasteiger charge is -2.40. The van der Waals surface area contributed by atoms with Gasteiger partial charge in [-0.05, 0) is 47.5 Å². The second-order valence-electron chi connectivity index (χ2n) is 10.6. The molecule has 3 heterocycles. The third kappa shape index (κ3) is 6.60. The summed E-state index contributed by atoms with van der Waals surface area (Å²) >= 11 is 0. The summed E-state index contributed by atoms with van der Waals surface area (Å²) in [6, 6.07) is 16.1. The first-order chi connectivity index (χ1) is 20.1. The molecular weight excluding hydrogens is 550 g/mol. The molecule has 2 aliphatic rings. The number of Topliss-reactive ketones (excluding diaryl/α,β-unsaturated/α-hetero) is 1. The van der Waals surface area contributed by atoms with Crippen molar-refractivity contribution in [2.24, 2.45) is 0 Å². The van der Waals surface area contributed by atoms with E-state index in [1.807, 2.05) is 4.90 Å². The van der Waals surface area contributed by atoms with E-state index in [1.165, 1.54) is 30.5 Å². The van der Waals surface area contributed by atoms with Crippen LogP contribution in [0.1, 0.15) is 46.8 Å². The standard InChI is InChI=1S/C31H29F4N5O2/c32-24-5-1-21(2-6-24)30(22-3-7-25(33)8-4-22)39-15-13-38(14-16-39)28-17-23(11-12-37-28)27(41)9-10-29(42)40-20-31(34,35)18-26(40)19-36/h1-8,11-12,17,26,30H,9-10,13-16,18,20H2/t26-/m0/s1. The molecule has 0 saturated carbocycles. The normalized spacial score (nSPS) is 18.7. The molecule has 1 amide bonds. The van der Waals surface area contributed by atoms with E-state index in [9.17, 15) is 27.2 Å². The molecule has 0 bridgehead atoms. The molecule has 0 unspecified atom stereocenters. The highest BCUT2D eigenvalue weighted by atomic mass is 19.3. The number of halogens is 4. The smallest absolute Gasteiger partial charge is 0.268 e. The van der Waals surface area contributed by atoms with E-state index in [-0.39, 0.29) is 36.3 Å². The number of alkyl halides is 2. The molecule has 1 atom stereocenters. The van der Waals surface area contributed by atoms with Gasteiger partial charge >= 0.3 is 0 Å². The van der Waals surface area contributed by atoms with Crippen LogP contribution in [0.5, 0.6) is 0 Å². The Bertz CT molecular complexity index is 1420. The third-order valence-corrected chi connectivity index (χ3v) is 7.75. The van der Waals surface area contributed by atoms with Gasteiger partial charge in [0.2, 0.25) is 5.91 Å². The highest BCUT2D eigenvalue weighted by Crippen LogP contribution is 2.33. The Balaban J connectivity index is 1.22. The summed E-state index contributed by atoms with van der Waals surface area (Å²) in [7, 11) is 0. The monoisotopic (exact) mass is 579 g/mol. The first kappa shape index (κ1) is 29.2. The fourth-order valence-electron chi connectivity index (χ4n) is 5.58. The number of likely N-dealkylation sites (tertiary alicyclic amines) is 1. The Morgan fingerprint density at radius 2 is 1.52 bits per heavy atom. The van der Waals surface area contributed by atoms with Crippen LogP contribution >= 0.6 is 0 Å². The maximum Gasteiger partial charge on any atom is 0.268 e. The van der Waals surface area contributed by atoms with Gasteiger partial charge in [-0.15, -0.1) is 0 Å². The van der Waals surface area contributed by atoms with Gasteiger partial charge in [0, 0.05) is 57.2 Å². The van der Waals surface area contributed by atoms with E-state index in [0.29, 0.717) is 37.6 Å². The van der Waals surface area contributed by atoms with Gasteiger partial charge in [0.05, 0.1) is 18.7 Å². The molecule has 42 heavy (non-hydrogen) atoms. The van der Waals surface area contributed by atoms with E-state index < -0.39 is 30.8 Å². The van der Waals surface area contributed by atoms with Crippen molar-refractivity contribution in [3.63, 3.8) is 0 Å². The zero-order valence-corrected chi connectivity index (χ0v) is 22.7. The fourth-order valence-corrected chi connectivity index (χ4v) is 5.58. The molecule has 0 N–H and O–H groups in total. The highest BCUT2D eigenvalue weighted by Gasteiger charge is 2.47. The van der Waals surface area contributed by atoms with Crippen molar-refractivity contribution in [2.75, 3.05) is 37.6 Å². The Hall–Kier alpha value is -4.30. The first-order valence-electron chi connectivity index (χ1n) is 13.7. The Morgan fingerprint density at radius 3 is 2.10 bits per heavy atom. The molecule has 2 aliphatic heterocycles. The van der Waals surface area contributed by atoms with Gasteiger partial charge in [-0.25, -0.2) is 22.5 Å². The zero-order valence-electron chi connectivity index (χ0n) is 22.7. The molecule has 5 rings (SSSR count). The number of pyridine rings is 1. The van der Waals surface area contributed by atoms with Crippen molar-refractivity contribution in [1.82, 2.24) is 14.8 Å². The molecule has 0 spiro atoms. The number of rotatable bonds is 8. The van der Waals surface area contributed by atoms with Crippen molar-refractivity contribution < 1.29 is 27.2 Å². The minimum atomic E-state index is -3.11. The van der Waals surface area contributed by atoms with Crippen LogP contribution < -0.4 is 4.90 Å². The maximum absolute atomic E-state index is 13.7. The van der Waals surface area contributed by atoms with Crippen LogP contribution in [0, 0.1) is 23.0 Å². The summed E-state index contributed by atoms with van der Waals surface area (Å²) in [5, 5.41) is 9.12. The number of nitrogens with zero attached hydrogens (tertiary/aromatic N) is 5. The lowest BCUT2D eigenvalue weighted by atomic mass is 9.96. The molecule has 3 aromatic rings. The second-order valence-corrected chi connectivity index (χ2v) is 10.6. The SMILES string of the molecule is N#C[C@@H]1CC(F)(F)CN1C(=O)CCC(=O)c1ccnc(N2CCN(C(c3ccc(F)cc3)c3ccc(F)cc3)CC2)c1. The van der Waals surface area contributed by atoms with Crippen molar-refractivity contribution in [3.05, 3.63) is 95.2 Å². The minimum absolute atomic E-state index is 0.173. The minimum Gasteiger partial charge on any atom is -0.354 e. The average Bonchev–Trinajstić information content (AvgIpc) is 3.32. The summed E-state index contributed by atoms with van der Waals surface area (Å²) in [6.45, 7) is 1.59. The summed E-state index contributed by atoms with van der Waals surface area (Å²) < 4.78 is 54.7. The quantitative estimate of drug-likeness (QED) is 0.276. The first-order valence-corrected chi connectivity index (χ1v) is 13.7. The van der Waals surface area contributed by atoms with Gasteiger partial charge in [0.25, 0.3) is 5.92 Å². The van der Waals surface area contributed by atoms with Gasteiger partial charge in [-0.3, -0.25) is 14.5 Å². The van der Waals surface area contributed by atoms with Crippen LogP contribution in [0.3, 0.4) is 0 Å². The van der Waals surface area contributed by atoms with Crippen LogP contribution in [0.4, 0.5) is 23.4 Å². The van der Waals surface area contributed by atoms with Gasteiger partial charge in [0.15, 0.2) is 5.78 Å². The predicted octanol–water partition coefficient (Wildman–Crippen LogP) is 4.99. The third-order valence-electron chi connectivity index (χ3n) is 7.75. The van der Waals surface area contributed by atoms with E-state index >= 15 is 0 Å². The molecule has 2 fully saturated rings. The number of amides is 1. The molecule has 11 heteroatoms. The number of carbonyl (C=O) groups is 2. The maximum atomic E-state index is 13.7. The van der Waals surface area contributed by atoms with Gasteiger partial charge < -0.3 is 9.80 Å². The molecular formula is C31H29F4N5O2.